The van der Waals surface area contributed by atoms with Crippen molar-refractivity contribution < 1.29 is 33.0 Å². The highest BCUT2D eigenvalue weighted by Crippen LogP contribution is 2.30. The second-order valence-electron chi connectivity index (χ2n) is 8.95. The molecule has 9 nitrogen and oxygen atoms in total. The van der Waals surface area contributed by atoms with E-state index in [9.17, 15) is 23.6 Å². The molecule has 0 saturated carbocycles. The number of thioether (sulfide) groups is 1. The molecule has 1 fully saturated rings. The summed E-state index contributed by atoms with van der Waals surface area (Å²) in [6.07, 6.45) is 0.401. The van der Waals surface area contributed by atoms with Crippen LogP contribution in [-0.2, 0) is 25.5 Å². The molecule has 0 spiro atoms. The molecular formula is C30H28FN3O6S. The summed E-state index contributed by atoms with van der Waals surface area (Å²) in [5, 5.41) is 2.35. The molecule has 3 aromatic rings. The fourth-order valence-electron chi connectivity index (χ4n) is 3.98. The standard InChI is InChI=1S/C30H28FN3O6S/c1-3-40-29(38)21-8-14-24(15-9-21)33-30-34(17-16-19-4-10-22(31)11-5-19)26(35)18-25(41-30)27(36)32-23-12-6-20(7-13-23)28(37)39-2/h4-15,25H,3,16-18H2,1-2H3,(H,32,36)/t25-/m1/s1. The Hall–Kier alpha value is -4.51. The van der Waals surface area contributed by atoms with Crippen LogP contribution in [0.5, 0.6) is 0 Å². The molecule has 1 saturated heterocycles. The van der Waals surface area contributed by atoms with Gasteiger partial charge in [-0.25, -0.2) is 19.0 Å². The number of rotatable bonds is 9. The van der Waals surface area contributed by atoms with Crippen LogP contribution in [0.3, 0.4) is 0 Å². The summed E-state index contributed by atoms with van der Waals surface area (Å²) in [5.74, 6) is -1.97. The smallest absolute Gasteiger partial charge is 0.338 e. The Labute approximate surface area is 240 Å². The minimum atomic E-state index is -0.762. The van der Waals surface area contributed by atoms with E-state index in [1.165, 1.54) is 36.3 Å². The number of anilines is 1. The molecule has 1 aliphatic heterocycles. The first-order chi connectivity index (χ1) is 19.8. The van der Waals surface area contributed by atoms with E-state index in [4.69, 9.17) is 9.47 Å². The lowest BCUT2D eigenvalue weighted by Gasteiger charge is -2.32. The van der Waals surface area contributed by atoms with Crippen molar-refractivity contribution in [2.24, 2.45) is 4.99 Å². The number of hydrogen-bond donors (Lipinski definition) is 1. The summed E-state index contributed by atoms with van der Waals surface area (Å²) >= 11 is 1.15. The van der Waals surface area contributed by atoms with Gasteiger partial charge in [-0.05, 0) is 79.6 Å². The van der Waals surface area contributed by atoms with Gasteiger partial charge in [0.25, 0.3) is 0 Å². The zero-order chi connectivity index (χ0) is 29.4. The van der Waals surface area contributed by atoms with Crippen molar-refractivity contribution in [1.82, 2.24) is 4.90 Å². The molecule has 2 amide bonds. The summed E-state index contributed by atoms with van der Waals surface area (Å²) in [6.45, 7) is 2.25. The fourth-order valence-corrected chi connectivity index (χ4v) is 5.11. The lowest BCUT2D eigenvalue weighted by molar-refractivity contribution is -0.129. The quantitative estimate of drug-likeness (QED) is 0.356. The number of aliphatic imine (C=N–C) groups is 1. The molecule has 1 atom stereocenters. The van der Waals surface area contributed by atoms with E-state index in [1.807, 2.05) is 0 Å². The molecule has 3 aromatic carbocycles. The number of nitrogens with one attached hydrogen (secondary N) is 1. The molecule has 0 aliphatic carbocycles. The SMILES string of the molecule is CCOC(=O)c1ccc(N=C2S[C@@H](C(=O)Nc3ccc(C(=O)OC)cc3)CC(=O)N2CCc2ccc(F)cc2)cc1. The second kappa shape index (κ2) is 13.7. The van der Waals surface area contributed by atoms with Crippen LogP contribution in [0, 0.1) is 5.82 Å². The molecule has 1 aliphatic rings. The van der Waals surface area contributed by atoms with Crippen LogP contribution in [-0.4, -0.2) is 59.3 Å². The van der Waals surface area contributed by atoms with Gasteiger partial charge in [0.05, 0.1) is 30.5 Å². The molecule has 0 aromatic heterocycles. The minimum absolute atomic E-state index is 0.0546. The van der Waals surface area contributed by atoms with E-state index < -0.39 is 23.1 Å². The first kappa shape index (κ1) is 29.5. The van der Waals surface area contributed by atoms with Crippen LogP contribution in [0.1, 0.15) is 39.6 Å². The third-order valence-corrected chi connectivity index (χ3v) is 7.33. The maximum atomic E-state index is 13.3. The molecule has 0 radical (unpaired) electrons. The van der Waals surface area contributed by atoms with Gasteiger partial charge < -0.3 is 14.8 Å². The number of carbonyl (C=O) groups excluding carboxylic acids is 4. The Morgan fingerprint density at radius 3 is 2.24 bits per heavy atom. The van der Waals surface area contributed by atoms with Crippen molar-refractivity contribution in [2.45, 2.75) is 25.0 Å². The van der Waals surface area contributed by atoms with Gasteiger partial charge in [0.2, 0.25) is 11.8 Å². The Bertz CT molecular complexity index is 1440. The average molecular weight is 578 g/mol. The molecule has 4 rings (SSSR count). The van der Waals surface area contributed by atoms with Crippen LogP contribution >= 0.6 is 11.8 Å². The Morgan fingerprint density at radius 2 is 1.61 bits per heavy atom. The van der Waals surface area contributed by atoms with Gasteiger partial charge >= 0.3 is 11.9 Å². The van der Waals surface area contributed by atoms with Gasteiger partial charge in [-0.15, -0.1) is 0 Å². The number of ether oxygens (including phenoxy) is 2. The van der Waals surface area contributed by atoms with Gasteiger partial charge in [0.15, 0.2) is 5.17 Å². The first-order valence-corrected chi connectivity index (χ1v) is 13.7. The number of amidine groups is 1. The van der Waals surface area contributed by atoms with Crippen LogP contribution in [0.2, 0.25) is 0 Å². The maximum Gasteiger partial charge on any atom is 0.338 e. The van der Waals surface area contributed by atoms with Crippen molar-refractivity contribution in [2.75, 3.05) is 25.6 Å². The Kier molecular flexibility index (Phi) is 9.86. The number of hydrogen-bond acceptors (Lipinski definition) is 8. The van der Waals surface area contributed by atoms with Crippen LogP contribution in [0.4, 0.5) is 15.8 Å². The number of methoxy groups -OCH3 is 1. The van der Waals surface area contributed by atoms with Crippen LogP contribution in [0.25, 0.3) is 0 Å². The second-order valence-corrected chi connectivity index (χ2v) is 10.1. The van der Waals surface area contributed by atoms with Gasteiger partial charge in [-0.3, -0.25) is 14.5 Å². The van der Waals surface area contributed by atoms with E-state index in [-0.39, 0.29) is 31.3 Å². The molecule has 11 heteroatoms. The molecule has 0 unspecified atom stereocenters. The normalized spacial score (nSPS) is 15.9. The Morgan fingerprint density at radius 1 is 0.976 bits per heavy atom. The summed E-state index contributed by atoms with van der Waals surface area (Å²) in [6, 6.07) is 18.7. The van der Waals surface area contributed by atoms with Gasteiger partial charge in [-0.1, -0.05) is 23.9 Å². The van der Waals surface area contributed by atoms with E-state index in [1.54, 1.807) is 55.5 Å². The summed E-state index contributed by atoms with van der Waals surface area (Å²) in [4.78, 5) is 56.3. The number of esters is 2. The van der Waals surface area contributed by atoms with Crippen molar-refractivity contribution >= 4 is 52.1 Å². The highest BCUT2D eigenvalue weighted by atomic mass is 32.2. The number of carbonyl (C=O) groups is 4. The topological polar surface area (TPSA) is 114 Å². The van der Waals surface area contributed by atoms with Crippen molar-refractivity contribution in [3.05, 3.63) is 95.3 Å². The molecule has 0 bridgehead atoms. The van der Waals surface area contributed by atoms with Crippen LogP contribution < -0.4 is 5.32 Å². The molecule has 41 heavy (non-hydrogen) atoms. The van der Waals surface area contributed by atoms with Crippen LogP contribution in [0.15, 0.2) is 77.8 Å². The molecule has 1 N–H and O–H groups in total. The average Bonchev–Trinajstić information content (AvgIpc) is 2.98. The lowest BCUT2D eigenvalue weighted by atomic mass is 10.1. The maximum absolute atomic E-state index is 13.3. The van der Waals surface area contributed by atoms with Gasteiger partial charge in [0, 0.05) is 18.7 Å². The third-order valence-electron chi connectivity index (χ3n) is 6.15. The lowest BCUT2D eigenvalue weighted by Crippen LogP contribution is -2.46. The zero-order valence-electron chi connectivity index (χ0n) is 22.5. The number of halogens is 1. The van der Waals surface area contributed by atoms with Gasteiger partial charge in [-0.2, -0.15) is 0 Å². The van der Waals surface area contributed by atoms with E-state index in [0.29, 0.717) is 34.1 Å². The minimum Gasteiger partial charge on any atom is -0.465 e. The highest BCUT2D eigenvalue weighted by molar-refractivity contribution is 8.15. The zero-order valence-corrected chi connectivity index (χ0v) is 23.3. The number of benzene rings is 3. The summed E-state index contributed by atoms with van der Waals surface area (Å²) < 4.78 is 23.1. The highest BCUT2D eigenvalue weighted by Gasteiger charge is 2.36. The predicted octanol–water partition coefficient (Wildman–Crippen LogP) is 4.99. The first-order valence-electron chi connectivity index (χ1n) is 12.8. The van der Waals surface area contributed by atoms with Gasteiger partial charge in [0.1, 0.15) is 11.1 Å². The van der Waals surface area contributed by atoms with Crippen molar-refractivity contribution in [3.63, 3.8) is 0 Å². The van der Waals surface area contributed by atoms with Crippen molar-refractivity contribution in [3.8, 4) is 0 Å². The largest absolute Gasteiger partial charge is 0.465 e. The summed E-state index contributed by atoms with van der Waals surface area (Å²) in [7, 11) is 1.28. The molecular weight excluding hydrogens is 549 g/mol. The fraction of sp³-hybridized carbons (Fsp3) is 0.233. The number of amides is 2. The van der Waals surface area contributed by atoms with Crippen molar-refractivity contribution in [1.29, 1.82) is 0 Å². The van der Waals surface area contributed by atoms with E-state index in [0.717, 1.165) is 17.3 Å². The molecule has 1 heterocycles. The predicted molar refractivity (Wildman–Crippen MR) is 154 cm³/mol. The molecule has 212 valence electrons. The van der Waals surface area contributed by atoms with E-state index >= 15 is 0 Å². The Balaban J connectivity index is 1.54. The van der Waals surface area contributed by atoms with E-state index in [2.05, 4.69) is 10.3 Å². The third kappa shape index (κ3) is 7.79. The monoisotopic (exact) mass is 577 g/mol. The number of nitrogens with zero attached hydrogens (tertiary/aromatic N) is 2. The summed E-state index contributed by atoms with van der Waals surface area (Å²) in [5.41, 5.74) is 2.50.